The largest absolute Gasteiger partial charge is 0.462 e. The number of aryl methyl sites for hydroxylation is 1. The Balaban J connectivity index is 2.04. The van der Waals surface area contributed by atoms with Crippen LogP contribution in [0.5, 0.6) is 0 Å². The summed E-state index contributed by atoms with van der Waals surface area (Å²) in [4.78, 5) is 14.2. The van der Waals surface area contributed by atoms with Gasteiger partial charge in [0, 0.05) is 16.4 Å². The number of nitrogens with zero attached hydrogens (tertiary/aromatic N) is 2. The zero-order valence-electron chi connectivity index (χ0n) is 11.6. The van der Waals surface area contributed by atoms with E-state index in [1.807, 2.05) is 37.5 Å². The molecule has 0 amide bonds. The Morgan fingerprint density at radius 3 is 2.90 bits per heavy atom. The predicted molar refractivity (Wildman–Crippen MR) is 82.8 cm³/mol. The van der Waals surface area contributed by atoms with Crippen LogP contribution in [0.25, 0.3) is 5.57 Å². The Kier molecular flexibility index (Phi) is 3.94. The summed E-state index contributed by atoms with van der Waals surface area (Å²) in [6.07, 6.45) is 1.83. The molecule has 5 nitrogen and oxygen atoms in total. The highest BCUT2D eigenvalue weighted by Crippen LogP contribution is 2.44. The van der Waals surface area contributed by atoms with Crippen LogP contribution in [0.1, 0.15) is 11.8 Å². The second-order valence-electron chi connectivity index (χ2n) is 4.39. The van der Waals surface area contributed by atoms with Crippen LogP contribution in [0.2, 0.25) is 0 Å². The SMILES string of the molecule is CCOC(=O)C(=C1Nc2ccccc2S1)c1c[n+](C)ns1. The number of benzene rings is 1. The molecular formula is C14H14N3O2S2+. The number of carbonyl (C=O) groups excluding carboxylic acids is 1. The smallest absolute Gasteiger partial charge is 0.342 e. The zero-order chi connectivity index (χ0) is 14.8. The lowest BCUT2D eigenvalue weighted by atomic mass is 10.2. The lowest BCUT2D eigenvalue weighted by Crippen LogP contribution is -2.27. The minimum atomic E-state index is -0.329. The Morgan fingerprint density at radius 1 is 1.43 bits per heavy atom. The van der Waals surface area contributed by atoms with Gasteiger partial charge in [0.15, 0.2) is 7.05 Å². The van der Waals surface area contributed by atoms with Crippen LogP contribution in [0.15, 0.2) is 40.4 Å². The van der Waals surface area contributed by atoms with Gasteiger partial charge in [0.2, 0.25) is 6.20 Å². The fraction of sp³-hybridized carbons (Fsp3) is 0.214. The lowest BCUT2D eigenvalue weighted by Gasteiger charge is -2.07. The van der Waals surface area contributed by atoms with Gasteiger partial charge in [-0.1, -0.05) is 28.6 Å². The molecule has 7 heteroatoms. The highest BCUT2D eigenvalue weighted by atomic mass is 32.2. The van der Waals surface area contributed by atoms with Crippen LogP contribution in [0.3, 0.4) is 0 Å². The molecule has 0 atom stereocenters. The molecule has 1 aliphatic rings. The Labute approximate surface area is 130 Å². The van der Waals surface area contributed by atoms with E-state index in [1.165, 1.54) is 23.3 Å². The van der Waals surface area contributed by atoms with Crippen molar-refractivity contribution in [1.82, 2.24) is 4.49 Å². The highest BCUT2D eigenvalue weighted by Gasteiger charge is 2.28. The number of hydrogen-bond acceptors (Lipinski definition) is 6. The van der Waals surface area contributed by atoms with Gasteiger partial charge in [0.25, 0.3) is 0 Å². The average Bonchev–Trinajstić information content (AvgIpc) is 3.06. The van der Waals surface area contributed by atoms with E-state index in [2.05, 4.69) is 9.81 Å². The number of thioether (sulfide) groups is 1. The number of para-hydroxylation sites is 1. The number of aromatic nitrogens is 2. The molecule has 0 saturated carbocycles. The maximum Gasteiger partial charge on any atom is 0.342 e. The number of ether oxygens (including phenoxy) is 1. The molecular weight excluding hydrogens is 306 g/mol. The Hall–Kier alpha value is -1.86. The van der Waals surface area contributed by atoms with E-state index in [0.29, 0.717) is 12.2 Å². The van der Waals surface area contributed by atoms with Crippen LogP contribution in [-0.4, -0.2) is 17.1 Å². The number of rotatable bonds is 3. The van der Waals surface area contributed by atoms with Gasteiger partial charge in [-0.15, -0.1) is 0 Å². The molecule has 3 rings (SSSR count). The lowest BCUT2D eigenvalue weighted by molar-refractivity contribution is -0.722. The molecule has 1 aromatic carbocycles. The maximum absolute atomic E-state index is 12.3. The molecule has 1 aromatic heterocycles. The van der Waals surface area contributed by atoms with E-state index in [0.717, 1.165) is 20.5 Å². The minimum absolute atomic E-state index is 0.329. The van der Waals surface area contributed by atoms with Crippen LogP contribution in [0.4, 0.5) is 5.69 Å². The third kappa shape index (κ3) is 2.79. The quantitative estimate of drug-likeness (QED) is 0.535. The molecule has 0 bridgehead atoms. The van der Waals surface area contributed by atoms with Crippen molar-refractivity contribution in [3.05, 3.63) is 40.4 Å². The predicted octanol–water partition coefficient (Wildman–Crippen LogP) is 2.42. The van der Waals surface area contributed by atoms with E-state index in [9.17, 15) is 4.79 Å². The van der Waals surface area contributed by atoms with Crippen molar-refractivity contribution in [2.75, 3.05) is 11.9 Å². The van der Waals surface area contributed by atoms with Crippen LogP contribution < -0.4 is 10.00 Å². The normalized spacial score (nSPS) is 15.3. The molecule has 0 unspecified atom stereocenters. The molecule has 1 aliphatic heterocycles. The summed E-state index contributed by atoms with van der Waals surface area (Å²) in [5.74, 6) is -0.329. The molecule has 2 heterocycles. The number of fused-ring (bicyclic) bond motifs is 1. The van der Waals surface area contributed by atoms with Crippen molar-refractivity contribution >= 4 is 40.5 Å². The molecule has 0 aliphatic carbocycles. The maximum atomic E-state index is 12.3. The van der Waals surface area contributed by atoms with Gasteiger partial charge < -0.3 is 10.1 Å². The number of anilines is 1. The van der Waals surface area contributed by atoms with Crippen molar-refractivity contribution in [2.24, 2.45) is 7.05 Å². The topological polar surface area (TPSA) is 55.1 Å². The van der Waals surface area contributed by atoms with E-state index in [4.69, 9.17) is 4.74 Å². The summed E-state index contributed by atoms with van der Waals surface area (Å²) in [5, 5.41) is 4.08. The van der Waals surface area contributed by atoms with Crippen molar-refractivity contribution in [1.29, 1.82) is 0 Å². The second-order valence-corrected chi connectivity index (χ2v) is 6.23. The summed E-state index contributed by atoms with van der Waals surface area (Å²) in [6.45, 7) is 2.15. The average molecular weight is 320 g/mol. The first-order chi connectivity index (χ1) is 10.2. The summed E-state index contributed by atoms with van der Waals surface area (Å²) < 4.78 is 11.1. The van der Waals surface area contributed by atoms with Crippen molar-refractivity contribution < 1.29 is 14.2 Å². The number of carbonyl (C=O) groups is 1. The second kappa shape index (κ2) is 5.87. The number of nitrogens with one attached hydrogen (secondary N) is 1. The highest BCUT2D eigenvalue weighted by molar-refractivity contribution is 8.04. The molecule has 2 aromatic rings. The zero-order valence-corrected chi connectivity index (χ0v) is 13.3. The number of hydrogen-bond donors (Lipinski definition) is 1. The standard InChI is InChI=1S/C14H13N3O2S2/c1-3-19-14(18)12(11-8-17(2)16-21-11)13-15-9-6-4-5-7-10(9)20-13/h4-8H,3H2,1-2H3/p+1. The third-order valence-electron chi connectivity index (χ3n) is 2.87. The van der Waals surface area contributed by atoms with E-state index < -0.39 is 0 Å². The van der Waals surface area contributed by atoms with Crippen LogP contribution in [0, 0.1) is 0 Å². The van der Waals surface area contributed by atoms with Gasteiger partial charge in [-0.2, -0.15) is 0 Å². The monoisotopic (exact) mass is 320 g/mol. The van der Waals surface area contributed by atoms with Crippen molar-refractivity contribution in [3.8, 4) is 0 Å². The fourth-order valence-electron chi connectivity index (χ4n) is 1.97. The summed E-state index contributed by atoms with van der Waals surface area (Å²) >= 11 is 2.82. The first-order valence-electron chi connectivity index (χ1n) is 6.47. The molecule has 108 valence electrons. The van der Waals surface area contributed by atoms with E-state index in [-0.39, 0.29) is 5.97 Å². The molecule has 0 saturated heterocycles. The minimum Gasteiger partial charge on any atom is -0.462 e. The fourth-order valence-corrected chi connectivity index (χ4v) is 3.83. The molecule has 0 spiro atoms. The van der Waals surface area contributed by atoms with Gasteiger partial charge in [0.05, 0.1) is 21.8 Å². The first kappa shape index (κ1) is 14.1. The summed E-state index contributed by atoms with van der Waals surface area (Å²) in [6, 6.07) is 7.96. The Morgan fingerprint density at radius 2 is 2.24 bits per heavy atom. The molecule has 0 radical (unpaired) electrons. The first-order valence-corrected chi connectivity index (χ1v) is 8.06. The number of esters is 1. The van der Waals surface area contributed by atoms with Gasteiger partial charge in [-0.25, -0.2) is 4.79 Å². The van der Waals surface area contributed by atoms with E-state index >= 15 is 0 Å². The molecule has 1 N–H and O–H groups in total. The molecule has 21 heavy (non-hydrogen) atoms. The van der Waals surface area contributed by atoms with E-state index in [1.54, 1.807) is 11.6 Å². The third-order valence-corrected chi connectivity index (χ3v) is 4.80. The van der Waals surface area contributed by atoms with Crippen LogP contribution in [-0.2, 0) is 16.6 Å². The van der Waals surface area contributed by atoms with Crippen LogP contribution >= 0.6 is 23.3 Å². The van der Waals surface area contributed by atoms with Gasteiger partial charge >= 0.3 is 5.97 Å². The van der Waals surface area contributed by atoms with Crippen molar-refractivity contribution in [2.45, 2.75) is 11.8 Å². The molecule has 0 fully saturated rings. The summed E-state index contributed by atoms with van der Waals surface area (Å²) in [5.41, 5.74) is 1.55. The van der Waals surface area contributed by atoms with Gasteiger partial charge in [0.1, 0.15) is 10.5 Å². The Bertz CT molecular complexity index is 698. The van der Waals surface area contributed by atoms with Crippen molar-refractivity contribution in [3.63, 3.8) is 0 Å². The summed E-state index contributed by atoms with van der Waals surface area (Å²) in [7, 11) is 1.83. The van der Waals surface area contributed by atoms with Gasteiger partial charge in [-0.05, 0) is 19.1 Å². The van der Waals surface area contributed by atoms with Gasteiger partial charge in [-0.3, -0.25) is 0 Å².